The third kappa shape index (κ3) is 4.24. The Morgan fingerprint density at radius 2 is 1.97 bits per heavy atom. The lowest BCUT2D eigenvalue weighted by Crippen LogP contribution is -2.19. The molecule has 3 aromatic heterocycles. The number of H-pyrrole nitrogens is 1. The highest BCUT2D eigenvalue weighted by molar-refractivity contribution is 6.37. The molecule has 5 nitrogen and oxygen atoms in total. The van der Waals surface area contributed by atoms with E-state index < -0.39 is 12.8 Å². The topological polar surface area (TPSA) is 55.7 Å². The molecule has 0 unspecified atom stereocenters. The van der Waals surface area contributed by atoms with Crippen molar-refractivity contribution < 1.29 is 17.9 Å². The fourth-order valence-electron chi connectivity index (χ4n) is 3.13. The minimum Gasteiger partial charge on any atom is -0.483 e. The van der Waals surface area contributed by atoms with Crippen molar-refractivity contribution in [2.45, 2.75) is 12.6 Å². The van der Waals surface area contributed by atoms with Gasteiger partial charge in [0.25, 0.3) is 0 Å². The van der Waals surface area contributed by atoms with Crippen LogP contribution in [-0.4, -0.2) is 32.5 Å². The number of alkyl halides is 3. The molecule has 3 heterocycles. The van der Waals surface area contributed by atoms with Gasteiger partial charge in [0, 0.05) is 53.6 Å². The molecule has 1 aromatic carbocycles. The number of fused-ring (bicyclic) bond motifs is 1. The Morgan fingerprint density at radius 3 is 2.67 bits per heavy atom. The molecule has 0 bridgehead atoms. The number of hydrogen-bond acceptors (Lipinski definition) is 3. The van der Waals surface area contributed by atoms with Gasteiger partial charge < -0.3 is 9.72 Å². The van der Waals surface area contributed by atoms with Crippen molar-refractivity contribution in [2.24, 2.45) is 7.05 Å². The van der Waals surface area contributed by atoms with Gasteiger partial charge in [-0.1, -0.05) is 23.2 Å². The lowest BCUT2D eigenvalue weighted by Gasteiger charge is -2.14. The van der Waals surface area contributed by atoms with Crippen LogP contribution in [0.1, 0.15) is 11.1 Å². The normalized spacial score (nSPS) is 11.9. The molecular formula is C20H15Cl2F3N4O. The van der Waals surface area contributed by atoms with Crippen molar-refractivity contribution in [3.05, 3.63) is 64.2 Å². The average Bonchev–Trinajstić information content (AvgIpc) is 3.29. The van der Waals surface area contributed by atoms with Gasteiger partial charge >= 0.3 is 6.18 Å². The number of halogens is 5. The summed E-state index contributed by atoms with van der Waals surface area (Å²) in [6.07, 6.45) is 2.97. The Bertz CT molecular complexity index is 1220. The fraction of sp³-hybridized carbons (Fsp3) is 0.200. The Kier molecular flexibility index (Phi) is 5.38. The van der Waals surface area contributed by atoms with Crippen LogP contribution in [0.4, 0.5) is 13.2 Å². The molecule has 0 atom stereocenters. The van der Waals surface area contributed by atoms with Crippen molar-refractivity contribution in [1.29, 1.82) is 0 Å². The number of nitrogens with zero attached hydrogens (tertiary/aromatic N) is 3. The van der Waals surface area contributed by atoms with Crippen LogP contribution in [0.2, 0.25) is 10.0 Å². The van der Waals surface area contributed by atoms with Gasteiger partial charge in [-0.2, -0.15) is 18.3 Å². The van der Waals surface area contributed by atoms with E-state index in [-0.39, 0.29) is 10.8 Å². The van der Waals surface area contributed by atoms with E-state index in [1.54, 1.807) is 23.3 Å². The molecule has 156 valence electrons. The first-order valence-corrected chi connectivity index (χ1v) is 9.58. The van der Waals surface area contributed by atoms with Crippen LogP contribution in [0.25, 0.3) is 22.2 Å². The van der Waals surface area contributed by atoms with Crippen molar-refractivity contribution in [1.82, 2.24) is 19.7 Å². The van der Waals surface area contributed by atoms with Crippen molar-refractivity contribution >= 4 is 34.2 Å². The van der Waals surface area contributed by atoms with E-state index >= 15 is 0 Å². The van der Waals surface area contributed by atoms with Crippen LogP contribution < -0.4 is 4.74 Å². The van der Waals surface area contributed by atoms with Crippen LogP contribution in [0.5, 0.6) is 5.75 Å². The van der Waals surface area contributed by atoms with E-state index in [2.05, 4.69) is 15.1 Å². The lowest BCUT2D eigenvalue weighted by atomic mass is 10.0. The van der Waals surface area contributed by atoms with Gasteiger partial charge in [0.05, 0.1) is 11.2 Å². The summed E-state index contributed by atoms with van der Waals surface area (Å²) in [5.74, 6) is -0.0672. The second-order valence-electron chi connectivity index (χ2n) is 6.76. The largest absolute Gasteiger partial charge is 0.483 e. The second kappa shape index (κ2) is 7.85. The van der Waals surface area contributed by atoms with E-state index in [0.717, 1.165) is 22.1 Å². The van der Waals surface area contributed by atoms with Crippen LogP contribution >= 0.6 is 23.2 Å². The highest BCUT2D eigenvalue weighted by Crippen LogP contribution is 2.37. The van der Waals surface area contributed by atoms with E-state index in [9.17, 15) is 13.2 Å². The predicted molar refractivity (Wildman–Crippen MR) is 109 cm³/mol. The summed E-state index contributed by atoms with van der Waals surface area (Å²) in [6, 6.07) is 4.77. The number of hydrogen-bond donors (Lipinski definition) is 1. The summed E-state index contributed by atoms with van der Waals surface area (Å²) in [5, 5.41) is 5.41. The molecule has 4 rings (SSSR count). The molecule has 0 aliphatic heterocycles. The Labute approximate surface area is 179 Å². The lowest BCUT2D eigenvalue weighted by molar-refractivity contribution is -0.153. The second-order valence-corrected chi connectivity index (χ2v) is 7.54. The van der Waals surface area contributed by atoms with E-state index in [1.165, 1.54) is 12.1 Å². The summed E-state index contributed by atoms with van der Waals surface area (Å²) < 4.78 is 44.0. The highest BCUT2D eigenvalue weighted by atomic mass is 35.5. The molecule has 0 radical (unpaired) electrons. The monoisotopic (exact) mass is 454 g/mol. The maximum atomic E-state index is 12.5. The van der Waals surface area contributed by atoms with Gasteiger partial charge in [-0.05, 0) is 29.3 Å². The summed E-state index contributed by atoms with van der Waals surface area (Å²) in [4.78, 5) is 7.53. The zero-order chi connectivity index (χ0) is 21.5. The van der Waals surface area contributed by atoms with Crippen LogP contribution in [0.3, 0.4) is 0 Å². The number of nitrogens with one attached hydrogen (secondary N) is 1. The van der Waals surface area contributed by atoms with Crippen LogP contribution in [0, 0.1) is 0 Å². The molecule has 10 heteroatoms. The van der Waals surface area contributed by atoms with Crippen LogP contribution in [-0.2, 0) is 13.5 Å². The molecule has 0 fully saturated rings. The van der Waals surface area contributed by atoms with Crippen molar-refractivity contribution in [3.8, 4) is 16.9 Å². The zero-order valence-electron chi connectivity index (χ0n) is 15.6. The molecule has 0 saturated heterocycles. The standard InChI is InChI=1S/C20H15Cl2F3N4O/c1-29-9-13(8-28-29)11-4-14-12(7-27-19(14)26-6-11)5-15-16(21)2-3-17(18(15)22)30-10-20(23,24)25/h2-4,6-9H,5,10H2,1H3,(H,26,27). The molecule has 30 heavy (non-hydrogen) atoms. The van der Waals surface area contributed by atoms with Gasteiger partial charge in [-0.15, -0.1) is 0 Å². The van der Waals surface area contributed by atoms with Crippen molar-refractivity contribution in [3.63, 3.8) is 0 Å². The zero-order valence-corrected chi connectivity index (χ0v) is 17.1. The first-order valence-electron chi connectivity index (χ1n) is 8.83. The molecule has 0 amide bonds. The number of ether oxygens (including phenoxy) is 1. The number of benzene rings is 1. The van der Waals surface area contributed by atoms with E-state index in [1.807, 2.05) is 19.3 Å². The molecule has 4 aromatic rings. The van der Waals surface area contributed by atoms with Gasteiger partial charge in [0.15, 0.2) is 6.61 Å². The SMILES string of the molecule is Cn1cc(-c2cnc3[nH]cc(Cc4c(Cl)ccc(OCC(F)(F)F)c4Cl)c3c2)cn1. The maximum Gasteiger partial charge on any atom is 0.422 e. The van der Waals surface area contributed by atoms with E-state index in [4.69, 9.17) is 27.9 Å². The Balaban J connectivity index is 1.68. The van der Waals surface area contributed by atoms with Gasteiger partial charge in [-0.25, -0.2) is 4.98 Å². The summed E-state index contributed by atoms with van der Waals surface area (Å²) >= 11 is 12.6. The first kappa shape index (κ1) is 20.6. The molecule has 1 N–H and O–H groups in total. The number of aromatic nitrogens is 4. The smallest absolute Gasteiger partial charge is 0.422 e. The fourth-order valence-corrected chi connectivity index (χ4v) is 3.69. The quantitative estimate of drug-likeness (QED) is 0.414. The summed E-state index contributed by atoms with van der Waals surface area (Å²) in [6.45, 7) is -1.43. The summed E-state index contributed by atoms with van der Waals surface area (Å²) in [5.41, 5.74) is 3.80. The Hall–Kier alpha value is -2.71. The predicted octanol–water partition coefficient (Wildman–Crippen LogP) is 5.80. The highest BCUT2D eigenvalue weighted by Gasteiger charge is 2.29. The number of rotatable bonds is 5. The number of pyridine rings is 1. The van der Waals surface area contributed by atoms with Crippen molar-refractivity contribution in [2.75, 3.05) is 6.61 Å². The first-order chi connectivity index (χ1) is 14.2. The molecule has 0 aliphatic rings. The van der Waals surface area contributed by atoms with Gasteiger partial charge in [0.2, 0.25) is 0 Å². The summed E-state index contributed by atoms with van der Waals surface area (Å²) in [7, 11) is 1.83. The van der Waals surface area contributed by atoms with Crippen LogP contribution in [0.15, 0.2) is 43.0 Å². The maximum absolute atomic E-state index is 12.5. The molecule has 0 aliphatic carbocycles. The minimum absolute atomic E-state index is 0.0532. The van der Waals surface area contributed by atoms with E-state index in [0.29, 0.717) is 22.7 Å². The number of aromatic amines is 1. The molecular weight excluding hydrogens is 440 g/mol. The minimum atomic E-state index is -4.46. The third-order valence-corrected chi connectivity index (χ3v) is 5.33. The van der Waals surface area contributed by atoms with Gasteiger partial charge in [-0.3, -0.25) is 4.68 Å². The average molecular weight is 455 g/mol. The Morgan fingerprint density at radius 1 is 1.17 bits per heavy atom. The number of aryl methyl sites for hydroxylation is 1. The van der Waals surface area contributed by atoms with Gasteiger partial charge in [0.1, 0.15) is 11.4 Å². The molecule has 0 saturated carbocycles. The third-order valence-electron chi connectivity index (χ3n) is 4.56. The molecule has 0 spiro atoms.